The number of hydrogen-bond acceptors (Lipinski definition) is 2. The van der Waals surface area contributed by atoms with Crippen molar-refractivity contribution in [1.29, 1.82) is 0 Å². The molecule has 1 fully saturated rings. The number of carboxylic acid groups (broad SMARTS) is 1. The van der Waals surface area contributed by atoms with E-state index in [2.05, 4.69) is 5.32 Å². The van der Waals surface area contributed by atoms with Crippen LogP contribution in [0.3, 0.4) is 0 Å². The van der Waals surface area contributed by atoms with Gasteiger partial charge in [0.2, 0.25) is 0 Å². The van der Waals surface area contributed by atoms with Crippen molar-refractivity contribution in [3.63, 3.8) is 0 Å². The molecule has 0 aliphatic heterocycles. The summed E-state index contributed by atoms with van der Waals surface area (Å²) in [6.45, 7) is 5.89. The van der Waals surface area contributed by atoms with Crippen LogP contribution in [0.15, 0.2) is 24.3 Å². The van der Waals surface area contributed by atoms with Crippen molar-refractivity contribution < 1.29 is 14.7 Å². The first-order valence-electron chi connectivity index (χ1n) is 7.28. The van der Waals surface area contributed by atoms with Crippen LogP contribution in [0.1, 0.15) is 32.3 Å². The zero-order valence-electron chi connectivity index (χ0n) is 12.7. The highest BCUT2D eigenvalue weighted by atomic mass is 16.4. The molecule has 0 spiro atoms. The number of benzene rings is 1. The van der Waals surface area contributed by atoms with Gasteiger partial charge in [-0.05, 0) is 51.2 Å². The third kappa shape index (κ3) is 3.01. The van der Waals surface area contributed by atoms with E-state index < -0.39 is 11.5 Å². The third-order valence-corrected chi connectivity index (χ3v) is 4.17. The Hall–Kier alpha value is -2.04. The van der Waals surface area contributed by atoms with Crippen molar-refractivity contribution in [2.75, 3.05) is 11.4 Å². The number of carbonyl (C=O) groups is 2. The fourth-order valence-electron chi connectivity index (χ4n) is 2.57. The zero-order valence-corrected chi connectivity index (χ0v) is 12.7. The van der Waals surface area contributed by atoms with E-state index >= 15 is 0 Å². The topological polar surface area (TPSA) is 69.6 Å². The van der Waals surface area contributed by atoms with Crippen molar-refractivity contribution in [3.8, 4) is 0 Å². The van der Waals surface area contributed by atoms with Crippen LogP contribution in [0.2, 0.25) is 0 Å². The van der Waals surface area contributed by atoms with E-state index in [1.165, 1.54) is 0 Å². The Morgan fingerprint density at radius 3 is 2.48 bits per heavy atom. The van der Waals surface area contributed by atoms with E-state index in [4.69, 9.17) is 0 Å². The van der Waals surface area contributed by atoms with Crippen molar-refractivity contribution in [2.45, 2.75) is 39.2 Å². The van der Waals surface area contributed by atoms with Gasteiger partial charge in [0.15, 0.2) is 0 Å². The van der Waals surface area contributed by atoms with Gasteiger partial charge in [0.1, 0.15) is 5.54 Å². The predicted molar refractivity (Wildman–Crippen MR) is 81.5 cm³/mol. The molecule has 0 heterocycles. The number of hydrogen-bond donors (Lipinski definition) is 2. The molecule has 1 saturated carbocycles. The van der Waals surface area contributed by atoms with Crippen molar-refractivity contribution in [3.05, 3.63) is 29.8 Å². The van der Waals surface area contributed by atoms with Crippen LogP contribution in [-0.4, -0.2) is 29.2 Å². The molecule has 2 amide bonds. The molecule has 5 nitrogen and oxygen atoms in total. The highest BCUT2D eigenvalue weighted by molar-refractivity contribution is 5.96. The number of nitrogens with one attached hydrogen (secondary N) is 1. The molecule has 1 aliphatic rings. The molecule has 2 N–H and O–H groups in total. The van der Waals surface area contributed by atoms with Gasteiger partial charge in [-0.1, -0.05) is 18.2 Å². The van der Waals surface area contributed by atoms with Crippen molar-refractivity contribution in [1.82, 2.24) is 5.32 Å². The summed E-state index contributed by atoms with van der Waals surface area (Å²) in [5, 5.41) is 12.2. The van der Waals surface area contributed by atoms with E-state index in [1.807, 2.05) is 38.1 Å². The summed E-state index contributed by atoms with van der Waals surface area (Å²) in [4.78, 5) is 25.6. The second-order valence-electron chi connectivity index (χ2n) is 5.74. The lowest BCUT2D eigenvalue weighted by Gasteiger charge is -2.31. The van der Waals surface area contributed by atoms with E-state index in [1.54, 1.807) is 11.8 Å². The first-order chi connectivity index (χ1) is 9.90. The minimum Gasteiger partial charge on any atom is -0.480 e. The van der Waals surface area contributed by atoms with Crippen molar-refractivity contribution in [2.24, 2.45) is 5.92 Å². The Morgan fingerprint density at radius 1 is 1.38 bits per heavy atom. The van der Waals surface area contributed by atoms with Crippen LogP contribution in [0, 0.1) is 12.8 Å². The normalized spacial score (nSPS) is 16.9. The highest BCUT2D eigenvalue weighted by Crippen LogP contribution is 2.40. The van der Waals surface area contributed by atoms with Gasteiger partial charge >= 0.3 is 12.0 Å². The van der Waals surface area contributed by atoms with Crippen LogP contribution in [0.5, 0.6) is 0 Å². The number of anilines is 1. The molecule has 1 aliphatic carbocycles. The van der Waals surface area contributed by atoms with E-state index in [0.29, 0.717) is 6.54 Å². The van der Waals surface area contributed by atoms with Crippen LogP contribution in [0.25, 0.3) is 0 Å². The number of rotatable bonds is 5. The smallest absolute Gasteiger partial charge is 0.329 e. The Morgan fingerprint density at radius 2 is 2.00 bits per heavy atom. The van der Waals surface area contributed by atoms with Gasteiger partial charge in [-0.2, -0.15) is 0 Å². The van der Waals surface area contributed by atoms with E-state index in [-0.39, 0.29) is 11.9 Å². The van der Waals surface area contributed by atoms with Crippen LogP contribution in [0.4, 0.5) is 10.5 Å². The molecule has 114 valence electrons. The Bertz CT molecular complexity index is 554. The largest absolute Gasteiger partial charge is 0.480 e. The number of para-hydroxylation sites is 1. The molecule has 0 aromatic heterocycles. The molecule has 1 atom stereocenters. The Balaban J connectivity index is 2.21. The zero-order chi connectivity index (χ0) is 15.6. The molecule has 5 heteroatoms. The predicted octanol–water partition coefficient (Wildman–Crippen LogP) is 2.78. The molecule has 2 rings (SSSR count). The molecule has 1 unspecified atom stereocenters. The van der Waals surface area contributed by atoms with Crippen LogP contribution < -0.4 is 10.2 Å². The lowest BCUT2D eigenvalue weighted by molar-refractivity contribution is -0.144. The summed E-state index contributed by atoms with van der Waals surface area (Å²) in [7, 11) is 0. The average molecular weight is 290 g/mol. The lowest BCUT2D eigenvalue weighted by atomic mass is 9.96. The lowest BCUT2D eigenvalue weighted by Crippen LogP contribution is -2.57. The monoisotopic (exact) mass is 290 g/mol. The van der Waals surface area contributed by atoms with Gasteiger partial charge in [-0.15, -0.1) is 0 Å². The Kier molecular flexibility index (Phi) is 4.21. The number of carbonyl (C=O) groups excluding carboxylic acids is 1. The second-order valence-corrected chi connectivity index (χ2v) is 5.74. The van der Waals surface area contributed by atoms with Gasteiger partial charge in [-0.25, -0.2) is 9.59 Å². The van der Waals surface area contributed by atoms with Gasteiger partial charge in [0.05, 0.1) is 0 Å². The minimum absolute atomic E-state index is 0.0227. The SMILES string of the molecule is CCN(C(=O)NC(C)(C(=O)O)C1CC1)c1ccccc1C. The molecule has 1 aromatic rings. The van der Waals surface area contributed by atoms with E-state index in [0.717, 1.165) is 24.1 Å². The average Bonchev–Trinajstić information content (AvgIpc) is 3.26. The summed E-state index contributed by atoms with van der Waals surface area (Å²) < 4.78 is 0. The molecule has 0 bridgehead atoms. The summed E-state index contributed by atoms with van der Waals surface area (Å²) in [5.41, 5.74) is 0.603. The van der Waals surface area contributed by atoms with Gasteiger partial charge in [0.25, 0.3) is 0 Å². The van der Waals surface area contributed by atoms with Crippen LogP contribution >= 0.6 is 0 Å². The Labute approximate surface area is 125 Å². The first-order valence-corrected chi connectivity index (χ1v) is 7.28. The molecule has 1 aromatic carbocycles. The molecule has 0 saturated heterocycles. The second kappa shape index (κ2) is 5.76. The number of amides is 2. The summed E-state index contributed by atoms with van der Waals surface area (Å²) in [5.74, 6) is -0.950. The molecule has 21 heavy (non-hydrogen) atoms. The molecular weight excluding hydrogens is 268 g/mol. The summed E-state index contributed by atoms with van der Waals surface area (Å²) in [6.07, 6.45) is 1.69. The number of nitrogens with zero attached hydrogens (tertiary/aromatic N) is 1. The third-order valence-electron chi connectivity index (χ3n) is 4.17. The van der Waals surface area contributed by atoms with Gasteiger partial charge < -0.3 is 10.4 Å². The molecule has 0 radical (unpaired) electrons. The minimum atomic E-state index is -1.19. The number of urea groups is 1. The quantitative estimate of drug-likeness (QED) is 0.876. The maximum Gasteiger partial charge on any atom is 0.329 e. The first kappa shape index (κ1) is 15.4. The summed E-state index contributed by atoms with van der Waals surface area (Å²) >= 11 is 0. The molecular formula is C16H22N2O3. The fraction of sp³-hybridized carbons (Fsp3) is 0.500. The fourth-order valence-corrected chi connectivity index (χ4v) is 2.57. The van der Waals surface area contributed by atoms with E-state index in [9.17, 15) is 14.7 Å². The summed E-state index contributed by atoms with van der Waals surface area (Å²) in [6, 6.07) is 7.23. The maximum atomic E-state index is 12.5. The standard InChI is InChI=1S/C16H22N2O3/c1-4-18(13-8-6-5-7-11(13)2)15(21)17-16(3,14(19)20)12-9-10-12/h5-8,12H,4,9-10H2,1-3H3,(H,17,21)(H,19,20). The number of aliphatic carboxylic acids is 1. The maximum absolute atomic E-state index is 12.5. The van der Waals surface area contributed by atoms with Gasteiger partial charge in [0, 0.05) is 12.2 Å². The van der Waals surface area contributed by atoms with Gasteiger partial charge in [-0.3, -0.25) is 4.90 Å². The van der Waals surface area contributed by atoms with Crippen LogP contribution in [-0.2, 0) is 4.79 Å². The van der Waals surface area contributed by atoms with Crippen molar-refractivity contribution >= 4 is 17.7 Å². The highest BCUT2D eigenvalue weighted by Gasteiger charge is 2.49. The number of aryl methyl sites for hydroxylation is 1. The number of carboxylic acids is 1.